The maximum Gasteiger partial charge on any atom is 0.189 e. The van der Waals surface area contributed by atoms with Gasteiger partial charge in [-0.2, -0.15) is 0 Å². The van der Waals surface area contributed by atoms with Gasteiger partial charge in [-0.25, -0.2) is 4.99 Å². The molecule has 116 valence electrons. The normalized spacial score (nSPS) is 12.1. The zero-order valence-electron chi connectivity index (χ0n) is 12.8. The number of nitrogens with two attached hydrogens (primary N) is 1. The van der Waals surface area contributed by atoms with Crippen molar-refractivity contribution in [2.75, 3.05) is 7.11 Å². The molecule has 0 radical (unpaired) electrons. The average Bonchev–Trinajstić information content (AvgIpc) is 2.71. The summed E-state index contributed by atoms with van der Waals surface area (Å²) in [7, 11) is 1.63. The third-order valence-electron chi connectivity index (χ3n) is 2.72. The van der Waals surface area contributed by atoms with Crippen LogP contribution in [0.2, 0.25) is 0 Å². The Kier molecular flexibility index (Phi) is 5.88. The second kappa shape index (κ2) is 7.02. The van der Waals surface area contributed by atoms with E-state index in [9.17, 15) is 0 Å². The maximum absolute atomic E-state index is 5.85. The van der Waals surface area contributed by atoms with Gasteiger partial charge in [0.15, 0.2) is 17.5 Å². The van der Waals surface area contributed by atoms with E-state index in [4.69, 9.17) is 14.9 Å². The summed E-state index contributed by atoms with van der Waals surface area (Å²) in [5, 5.41) is 4.05. The Morgan fingerprint density at radius 2 is 2.00 bits per heavy atom. The second-order valence-corrected chi connectivity index (χ2v) is 5.63. The zero-order chi connectivity index (χ0) is 14.8. The van der Waals surface area contributed by atoms with E-state index >= 15 is 0 Å². The van der Waals surface area contributed by atoms with Gasteiger partial charge in [0, 0.05) is 5.54 Å². The van der Waals surface area contributed by atoms with Gasteiger partial charge in [0.25, 0.3) is 0 Å². The predicted molar refractivity (Wildman–Crippen MR) is 96.4 cm³/mol. The van der Waals surface area contributed by atoms with Gasteiger partial charge < -0.3 is 20.2 Å². The number of para-hydroxylation sites is 1. The SMILES string of the molecule is COc1c(CN=C(N)NC(C)(C)C)oc2ccccc12.I. The van der Waals surface area contributed by atoms with E-state index in [0.29, 0.717) is 24.0 Å². The number of nitrogens with zero attached hydrogens (tertiary/aromatic N) is 1. The average molecular weight is 403 g/mol. The molecule has 0 aliphatic heterocycles. The van der Waals surface area contributed by atoms with E-state index in [1.807, 2.05) is 45.0 Å². The van der Waals surface area contributed by atoms with E-state index in [0.717, 1.165) is 11.0 Å². The van der Waals surface area contributed by atoms with Gasteiger partial charge in [0.1, 0.15) is 12.1 Å². The van der Waals surface area contributed by atoms with Gasteiger partial charge in [0.05, 0.1) is 12.5 Å². The molecule has 1 heterocycles. The van der Waals surface area contributed by atoms with Crippen LogP contribution in [0.25, 0.3) is 11.0 Å². The van der Waals surface area contributed by atoms with Crippen LogP contribution in [0.4, 0.5) is 0 Å². The van der Waals surface area contributed by atoms with Crippen LogP contribution in [-0.4, -0.2) is 18.6 Å². The molecular formula is C15H22IN3O2. The molecule has 0 fully saturated rings. The molecular weight excluding hydrogens is 381 g/mol. The first kappa shape index (κ1) is 17.6. The number of benzene rings is 1. The summed E-state index contributed by atoms with van der Waals surface area (Å²) in [6.07, 6.45) is 0. The van der Waals surface area contributed by atoms with Gasteiger partial charge >= 0.3 is 0 Å². The summed E-state index contributed by atoms with van der Waals surface area (Å²) in [6.45, 7) is 6.41. The van der Waals surface area contributed by atoms with E-state index in [-0.39, 0.29) is 29.5 Å². The fourth-order valence-corrected chi connectivity index (χ4v) is 1.98. The molecule has 0 saturated carbocycles. The summed E-state index contributed by atoms with van der Waals surface area (Å²) in [5.74, 6) is 1.78. The largest absolute Gasteiger partial charge is 0.492 e. The third-order valence-corrected chi connectivity index (χ3v) is 2.72. The minimum absolute atomic E-state index is 0. The number of hydrogen-bond donors (Lipinski definition) is 2. The number of ether oxygens (including phenoxy) is 1. The summed E-state index contributed by atoms with van der Waals surface area (Å²) in [5.41, 5.74) is 6.52. The first-order valence-corrected chi connectivity index (χ1v) is 6.53. The number of hydrogen-bond acceptors (Lipinski definition) is 3. The molecule has 0 bridgehead atoms. The van der Waals surface area contributed by atoms with Crippen molar-refractivity contribution in [3.63, 3.8) is 0 Å². The highest BCUT2D eigenvalue weighted by atomic mass is 127. The van der Waals surface area contributed by atoms with Gasteiger partial charge in [0.2, 0.25) is 0 Å². The Labute approximate surface area is 142 Å². The topological polar surface area (TPSA) is 72.8 Å². The Morgan fingerprint density at radius 3 is 2.62 bits per heavy atom. The van der Waals surface area contributed by atoms with Crippen molar-refractivity contribution in [1.82, 2.24) is 5.32 Å². The molecule has 1 aromatic heterocycles. The lowest BCUT2D eigenvalue weighted by molar-refractivity contribution is 0.396. The summed E-state index contributed by atoms with van der Waals surface area (Å²) in [4.78, 5) is 4.29. The number of methoxy groups -OCH3 is 1. The number of rotatable bonds is 3. The smallest absolute Gasteiger partial charge is 0.189 e. The molecule has 1 aromatic carbocycles. The molecule has 0 spiro atoms. The minimum atomic E-state index is -0.119. The van der Waals surface area contributed by atoms with Gasteiger partial charge in [-0.05, 0) is 32.9 Å². The van der Waals surface area contributed by atoms with Crippen LogP contribution in [0.15, 0.2) is 33.7 Å². The number of nitrogens with one attached hydrogen (secondary N) is 1. The second-order valence-electron chi connectivity index (χ2n) is 5.63. The Hall–Kier alpha value is -1.44. The molecule has 0 aliphatic rings. The Balaban J connectivity index is 0.00000220. The molecule has 0 saturated heterocycles. The van der Waals surface area contributed by atoms with Crippen molar-refractivity contribution in [3.8, 4) is 5.75 Å². The third kappa shape index (κ3) is 4.52. The van der Waals surface area contributed by atoms with Crippen LogP contribution in [-0.2, 0) is 6.54 Å². The first-order chi connectivity index (χ1) is 9.40. The van der Waals surface area contributed by atoms with Crippen molar-refractivity contribution in [2.24, 2.45) is 10.7 Å². The van der Waals surface area contributed by atoms with Crippen LogP contribution in [0.5, 0.6) is 5.75 Å². The molecule has 0 amide bonds. The summed E-state index contributed by atoms with van der Waals surface area (Å²) >= 11 is 0. The number of halogens is 1. The molecule has 0 unspecified atom stereocenters. The highest BCUT2D eigenvalue weighted by Crippen LogP contribution is 2.33. The molecule has 6 heteroatoms. The summed E-state index contributed by atoms with van der Waals surface area (Å²) < 4.78 is 11.2. The van der Waals surface area contributed by atoms with Crippen molar-refractivity contribution in [2.45, 2.75) is 32.9 Å². The Bertz CT molecular complexity index is 629. The van der Waals surface area contributed by atoms with E-state index in [2.05, 4.69) is 10.3 Å². The number of guanidine groups is 1. The Morgan fingerprint density at radius 1 is 1.33 bits per heavy atom. The van der Waals surface area contributed by atoms with Crippen LogP contribution in [0.3, 0.4) is 0 Å². The summed E-state index contributed by atoms with van der Waals surface area (Å²) in [6, 6.07) is 7.74. The van der Waals surface area contributed by atoms with E-state index in [1.54, 1.807) is 7.11 Å². The molecule has 2 rings (SSSR count). The highest BCUT2D eigenvalue weighted by Gasteiger charge is 2.15. The van der Waals surface area contributed by atoms with Gasteiger partial charge in [-0.15, -0.1) is 24.0 Å². The number of aliphatic imine (C=N–C) groups is 1. The molecule has 0 atom stereocenters. The van der Waals surface area contributed by atoms with Gasteiger partial charge in [-0.3, -0.25) is 0 Å². The van der Waals surface area contributed by atoms with Gasteiger partial charge in [-0.1, -0.05) is 12.1 Å². The molecule has 2 aromatic rings. The van der Waals surface area contributed by atoms with Crippen molar-refractivity contribution in [3.05, 3.63) is 30.0 Å². The molecule has 5 nitrogen and oxygen atoms in total. The lowest BCUT2D eigenvalue weighted by atomic mass is 10.1. The maximum atomic E-state index is 5.85. The van der Waals surface area contributed by atoms with Crippen molar-refractivity contribution in [1.29, 1.82) is 0 Å². The van der Waals surface area contributed by atoms with Crippen molar-refractivity contribution >= 4 is 40.9 Å². The predicted octanol–water partition coefficient (Wildman–Crippen LogP) is 3.26. The van der Waals surface area contributed by atoms with Crippen LogP contribution in [0.1, 0.15) is 26.5 Å². The standard InChI is InChI=1S/C15H21N3O2.HI/c1-15(2,3)18-14(16)17-9-12-13(19-4)10-7-5-6-8-11(10)20-12;/h5-8H,9H2,1-4H3,(H3,16,17,18);1H. The van der Waals surface area contributed by atoms with Crippen LogP contribution in [0, 0.1) is 0 Å². The monoisotopic (exact) mass is 403 g/mol. The quantitative estimate of drug-likeness (QED) is 0.469. The highest BCUT2D eigenvalue weighted by molar-refractivity contribution is 14.0. The molecule has 0 aliphatic carbocycles. The molecule has 21 heavy (non-hydrogen) atoms. The fourth-order valence-electron chi connectivity index (χ4n) is 1.98. The fraction of sp³-hybridized carbons (Fsp3) is 0.400. The lowest BCUT2D eigenvalue weighted by Gasteiger charge is -2.20. The van der Waals surface area contributed by atoms with Crippen LogP contribution >= 0.6 is 24.0 Å². The minimum Gasteiger partial charge on any atom is -0.492 e. The first-order valence-electron chi connectivity index (χ1n) is 6.53. The van der Waals surface area contributed by atoms with E-state index in [1.165, 1.54) is 0 Å². The lowest BCUT2D eigenvalue weighted by Crippen LogP contribution is -2.44. The molecule has 3 N–H and O–H groups in total. The van der Waals surface area contributed by atoms with Crippen molar-refractivity contribution < 1.29 is 9.15 Å². The number of fused-ring (bicyclic) bond motifs is 1. The number of furan rings is 1. The zero-order valence-corrected chi connectivity index (χ0v) is 15.1. The van der Waals surface area contributed by atoms with E-state index < -0.39 is 0 Å². The van der Waals surface area contributed by atoms with Crippen LogP contribution < -0.4 is 15.8 Å².